The molecule has 1 amide bonds. The molecule has 8 heteroatoms. The van der Waals surface area contributed by atoms with E-state index in [9.17, 15) is 14.7 Å². The SMILES string of the molecule is CC(C)Oc1ccc([C@@H]2C(=C(O)c3ccc(Br)cc3)C(=O)C(=O)N2CCCn2ccnc2)cc1. The Bertz CT molecular complexity index is 1190. The summed E-state index contributed by atoms with van der Waals surface area (Å²) in [4.78, 5) is 31.8. The molecule has 34 heavy (non-hydrogen) atoms. The van der Waals surface area contributed by atoms with Crippen molar-refractivity contribution in [3.05, 3.63) is 88.4 Å². The first-order chi connectivity index (χ1) is 16.3. The maximum absolute atomic E-state index is 13.1. The minimum Gasteiger partial charge on any atom is -0.507 e. The number of amides is 1. The largest absolute Gasteiger partial charge is 0.507 e. The number of ketones is 1. The van der Waals surface area contributed by atoms with Gasteiger partial charge in [0.15, 0.2) is 0 Å². The number of rotatable bonds is 8. The smallest absolute Gasteiger partial charge is 0.295 e. The van der Waals surface area contributed by atoms with E-state index in [1.165, 1.54) is 0 Å². The van der Waals surface area contributed by atoms with Crippen LogP contribution in [0.25, 0.3) is 5.76 Å². The minimum absolute atomic E-state index is 0.0251. The first kappa shape index (κ1) is 23.8. The number of Topliss-reactive ketones (excluding diaryl/α,β-unsaturated/α-hetero) is 1. The van der Waals surface area contributed by atoms with Gasteiger partial charge in [0.1, 0.15) is 11.5 Å². The zero-order valence-electron chi connectivity index (χ0n) is 19.0. The Hall–Kier alpha value is -3.39. The quantitative estimate of drug-likeness (QED) is 0.256. The summed E-state index contributed by atoms with van der Waals surface area (Å²) in [5.74, 6) is -0.786. The van der Waals surface area contributed by atoms with Gasteiger partial charge in [0, 0.05) is 35.5 Å². The second-order valence-corrected chi connectivity index (χ2v) is 9.30. The van der Waals surface area contributed by atoms with Crippen LogP contribution in [0.3, 0.4) is 0 Å². The Balaban J connectivity index is 1.71. The summed E-state index contributed by atoms with van der Waals surface area (Å²) in [6, 6.07) is 13.6. The Labute approximate surface area is 206 Å². The molecule has 3 aromatic rings. The van der Waals surface area contributed by atoms with Crippen molar-refractivity contribution in [2.24, 2.45) is 0 Å². The fourth-order valence-corrected chi connectivity index (χ4v) is 4.33. The third-order valence-corrected chi connectivity index (χ3v) is 6.13. The molecule has 0 radical (unpaired) electrons. The van der Waals surface area contributed by atoms with Crippen molar-refractivity contribution in [1.82, 2.24) is 14.5 Å². The number of carbonyl (C=O) groups is 2. The van der Waals surface area contributed by atoms with Gasteiger partial charge in [-0.2, -0.15) is 0 Å². The molecule has 1 aliphatic heterocycles. The highest BCUT2D eigenvalue weighted by Crippen LogP contribution is 2.40. The van der Waals surface area contributed by atoms with Crippen LogP contribution in [0.1, 0.15) is 37.4 Å². The number of halogens is 1. The first-order valence-electron chi connectivity index (χ1n) is 11.1. The van der Waals surface area contributed by atoms with Crippen LogP contribution in [-0.4, -0.2) is 43.9 Å². The number of hydrogen-bond acceptors (Lipinski definition) is 5. The number of aromatic nitrogens is 2. The van der Waals surface area contributed by atoms with E-state index in [2.05, 4.69) is 20.9 Å². The lowest BCUT2D eigenvalue weighted by Gasteiger charge is -2.25. The third-order valence-electron chi connectivity index (χ3n) is 5.60. The van der Waals surface area contributed by atoms with Crippen LogP contribution >= 0.6 is 15.9 Å². The first-order valence-corrected chi connectivity index (χ1v) is 11.9. The lowest BCUT2D eigenvalue weighted by atomic mass is 9.95. The molecule has 4 rings (SSSR count). The molecular formula is C26H26BrN3O4. The van der Waals surface area contributed by atoms with E-state index in [1.54, 1.807) is 41.7 Å². The van der Waals surface area contributed by atoms with Crippen LogP contribution in [0, 0.1) is 0 Å². The molecule has 0 unspecified atom stereocenters. The highest BCUT2D eigenvalue weighted by Gasteiger charge is 2.45. The molecule has 1 saturated heterocycles. The lowest BCUT2D eigenvalue weighted by Crippen LogP contribution is -2.31. The standard InChI is InChI=1S/C26H26BrN3O4/c1-17(2)34-21-10-6-18(7-11-21)23-22(24(31)19-4-8-20(27)9-5-19)25(32)26(33)30(23)14-3-13-29-15-12-28-16-29/h4-12,15-17,23,31H,3,13-14H2,1-2H3/t23-/m1/s1. The number of ether oxygens (including phenoxy) is 1. The third kappa shape index (κ3) is 5.07. The van der Waals surface area contributed by atoms with Gasteiger partial charge >= 0.3 is 0 Å². The summed E-state index contributed by atoms with van der Waals surface area (Å²) in [5.41, 5.74) is 1.30. The Morgan fingerprint density at radius 1 is 1.09 bits per heavy atom. The number of nitrogens with zero attached hydrogens (tertiary/aromatic N) is 3. The number of aliphatic hydroxyl groups is 1. The predicted octanol–water partition coefficient (Wildman–Crippen LogP) is 4.94. The van der Waals surface area contributed by atoms with Crippen LogP contribution in [0.4, 0.5) is 0 Å². The fraction of sp³-hybridized carbons (Fsp3) is 0.269. The normalized spacial score (nSPS) is 17.5. The van der Waals surface area contributed by atoms with Crippen molar-refractivity contribution in [2.45, 2.75) is 39.0 Å². The van der Waals surface area contributed by atoms with Gasteiger partial charge in [-0.25, -0.2) is 4.98 Å². The van der Waals surface area contributed by atoms with Crippen LogP contribution < -0.4 is 4.74 Å². The molecule has 2 aromatic carbocycles. The highest BCUT2D eigenvalue weighted by molar-refractivity contribution is 9.10. The summed E-state index contributed by atoms with van der Waals surface area (Å²) in [7, 11) is 0. The maximum Gasteiger partial charge on any atom is 0.295 e. The molecule has 1 N–H and O–H groups in total. The van der Waals surface area contributed by atoms with Crippen molar-refractivity contribution in [3.63, 3.8) is 0 Å². The van der Waals surface area contributed by atoms with Crippen LogP contribution in [0.5, 0.6) is 5.75 Å². The van der Waals surface area contributed by atoms with Crippen LogP contribution in [0.2, 0.25) is 0 Å². The molecule has 1 aliphatic rings. The van der Waals surface area contributed by atoms with E-state index in [4.69, 9.17) is 4.74 Å². The Kier molecular flexibility index (Phi) is 7.17. The summed E-state index contributed by atoms with van der Waals surface area (Å²) in [6.45, 7) is 4.90. The topological polar surface area (TPSA) is 84.7 Å². The fourth-order valence-electron chi connectivity index (χ4n) is 4.06. The van der Waals surface area contributed by atoms with Gasteiger partial charge in [-0.05, 0) is 50.1 Å². The Morgan fingerprint density at radius 2 is 1.79 bits per heavy atom. The summed E-state index contributed by atoms with van der Waals surface area (Å²) >= 11 is 3.38. The number of imidazole rings is 1. The molecule has 7 nitrogen and oxygen atoms in total. The second-order valence-electron chi connectivity index (χ2n) is 8.39. The molecular weight excluding hydrogens is 498 g/mol. The van der Waals surface area contributed by atoms with Gasteiger partial charge in [0.05, 0.1) is 24.0 Å². The summed E-state index contributed by atoms with van der Waals surface area (Å²) < 4.78 is 8.51. The van der Waals surface area contributed by atoms with Crippen molar-refractivity contribution in [3.8, 4) is 5.75 Å². The molecule has 176 valence electrons. The van der Waals surface area contributed by atoms with E-state index in [0.717, 1.165) is 10.0 Å². The van der Waals surface area contributed by atoms with E-state index in [0.29, 0.717) is 30.8 Å². The van der Waals surface area contributed by atoms with Crippen LogP contribution in [0.15, 0.2) is 77.3 Å². The number of likely N-dealkylation sites (tertiary alicyclic amines) is 1. The van der Waals surface area contributed by atoms with Gasteiger partial charge in [-0.3, -0.25) is 9.59 Å². The van der Waals surface area contributed by atoms with Crippen molar-refractivity contribution in [2.75, 3.05) is 6.54 Å². The van der Waals surface area contributed by atoms with Crippen molar-refractivity contribution in [1.29, 1.82) is 0 Å². The maximum atomic E-state index is 13.1. The summed E-state index contributed by atoms with van der Waals surface area (Å²) in [6.07, 6.45) is 5.92. The van der Waals surface area contributed by atoms with E-state index >= 15 is 0 Å². The van der Waals surface area contributed by atoms with E-state index in [1.807, 2.05) is 48.9 Å². The lowest BCUT2D eigenvalue weighted by molar-refractivity contribution is -0.139. The Morgan fingerprint density at radius 3 is 2.41 bits per heavy atom. The van der Waals surface area contributed by atoms with Gasteiger partial charge in [0.25, 0.3) is 11.7 Å². The van der Waals surface area contributed by atoms with E-state index < -0.39 is 17.7 Å². The molecule has 1 aromatic heterocycles. The molecule has 0 saturated carbocycles. The number of carbonyl (C=O) groups excluding carboxylic acids is 2. The van der Waals surface area contributed by atoms with Crippen LogP contribution in [-0.2, 0) is 16.1 Å². The molecule has 0 bridgehead atoms. The van der Waals surface area contributed by atoms with Crippen molar-refractivity contribution >= 4 is 33.4 Å². The predicted molar refractivity (Wildman–Crippen MR) is 132 cm³/mol. The number of hydrogen-bond donors (Lipinski definition) is 1. The average molecular weight is 524 g/mol. The monoisotopic (exact) mass is 523 g/mol. The number of benzene rings is 2. The van der Waals surface area contributed by atoms with Crippen molar-refractivity contribution < 1.29 is 19.4 Å². The number of aliphatic hydroxyl groups excluding tert-OH is 1. The molecule has 0 spiro atoms. The second kappa shape index (κ2) is 10.3. The minimum atomic E-state index is -0.695. The van der Waals surface area contributed by atoms with Gasteiger partial charge in [-0.1, -0.05) is 40.2 Å². The number of aryl methyl sites for hydroxylation is 1. The zero-order chi connectivity index (χ0) is 24.2. The highest BCUT2D eigenvalue weighted by atomic mass is 79.9. The van der Waals surface area contributed by atoms with Gasteiger partial charge < -0.3 is 19.3 Å². The molecule has 2 heterocycles. The molecule has 1 atom stereocenters. The summed E-state index contributed by atoms with van der Waals surface area (Å²) in [5, 5.41) is 11.1. The van der Waals surface area contributed by atoms with Gasteiger partial charge in [-0.15, -0.1) is 0 Å². The average Bonchev–Trinajstić information content (AvgIpc) is 3.42. The molecule has 0 aliphatic carbocycles. The molecule has 1 fully saturated rings. The van der Waals surface area contributed by atoms with Gasteiger partial charge in [0.2, 0.25) is 0 Å². The van der Waals surface area contributed by atoms with E-state index in [-0.39, 0.29) is 17.4 Å². The zero-order valence-corrected chi connectivity index (χ0v) is 20.6.